The zero-order chi connectivity index (χ0) is 22.0. The van der Waals surface area contributed by atoms with Crippen LogP contribution in [0.1, 0.15) is 35.9 Å². The van der Waals surface area contributed by atoms with E-state index in [0.29, 0.717) is 28.0 Å². The number of methoxy groups -OCH3 is 1. The third-order valence-electron chi connectivity index (χ3n) is 4.94. The van der Waals surface area contributed by atoms with E-state index in [4.69, 9.17) is 25.2 Å². The van der Waals surface area contributed by atoms with Crippen molar-refractivity contribution in [3.05, 3.63) is 70.8 Å². The summed E-state index contributed by atoms with van der Waals surface area (Å²) in [6, 6.07) is 14.6. The second-order valence-electron chi connectivity index (χ2n) is 7.35. The summed E-state index contributed by atoms with van der Waals surface area (Å²) in [6.07, 6.45) is 0. The number of rotatable bonds is 7. The van der Waals surface area contributed by atoms with Gasteiger partial charge in [-0.15, -0.1) is 10.2 Å². The number of carbonyl (C=O) groups excluding carboxylic acids is 1. The Labute approximate surface area is 184 Å². The average Bonchev–Trinajstić information content (AvgIpc) is 3.37. The van der Waals surface area contributed by atoms with E-state index in [-0.39, 0.29) is 30.9 Å². The molecule has 0 unspecified atom stereocenters. The number of amides is 1. The van der Waals surface area contributed by atoms with Gasteiger partial charge in [-0.2, -0.15) is 0 Å². The molecule has 0 aliphatic carbocycles. The number of hydrogen-bond acceptors (Lipinski definition) is 6. The molecule has 0 aliphatic rings. The Morgan fingerprint density at radius 2 is 1.84 bits per heavy atom. The summed E-state index contributed by atoms with van der Waals surface area (Å²) in [6.45, 7) is 4.24. The van der Waals surface area contributed by atoms with E-state index in [1.54, 1.807) is 24.1 Å². The number of nitrogens with zero attached hydrogens (tertiary/aromatic N) is 3. The number of ether oxygens (including phenoxy) is 1. The molecule has 1 amide bonds. The van der Waals surface area contributed by atoms with Crippen molar-refractivity contribution in [2.75, 3.05) is 7.11 Å². The zero-order valence-corrected chi connectivity index (χ0v) is 18.2. The second-order valence-corrected chi connectivity index (χ2v) is 7.75. The van der Waals surface area contributed by atoms with Crippen molar-refractivity contribution in [1.82, 2.24) is 15.1 Å². The Morgan fingerprint density at radius 1 is 1.10 bits per heavy atom. The van der Waals surface area contributed by atoms with E-state index in [1.165, 1.54) is 0 Å². The van der Waals surface area contributed by atoms with Crippen LogP contribution in [0.5, 0.6) is 0 Å². The highest BCUT2D eigenvalue weighted by Crippen LogP contribution is 2.29. The molecule has 0 bridgehead atoms. The van der Waals surface area contributed by atoms with Crippen molar-refractivity contribution in [3.8, 4) is 11.5 Å². The topological polar surface area (TPSA) is 81.6 Å². The minimum Gasteiger partial charge on any atom is -0.451 e. The molecule has 2 heterocycles. The number of fused-ring (bicyclic) bond motifs is 1. The standard InChI is InChI=1S/C23H22ClN3O4/c1-14(2)27(12-20-25-26-22(31-20)16-9-4-6-10-18(16)24)23(28)21-17(13-29-3)15-8-5-7-11-19(15)30-21/h4-11,14H,12-13H2,1-3H3. The molecule has 160 valence electrons. The largest absolute Gasteiger partial charge is 0.451 e. The highest BCUT2D eigenvalue weighted by atomic mass is 35.5. The van der Waals surface area contributed by atoms with Crippen LogP contribution in [0.25, 0.3) is 22.4 Å². The maximum Gasteiger partial charge on any atom is 0.290 e. The molecule has 2 aromatic carbocycles. The van der Waals surface area contributed by atoms with E-state index in [1.807, 2.05) is 50.2 Å². The van der Waals surface area contributed by atoms with E-state index in [9.17, 15) is 4.79 Å². The van der Waals surface area contributed by atoms with Gasteiger partial charge in [-0.05, 0) is 32.0 Å². The van der Waals surface area contributed by atoms with Crippen molar-refractivity contribution < 1.29 is 18.4 Å². The number of halogens is 1. The molecule has 31 heavy (non-hydrogen) atoms. The van der Waals surface area contributed by atoms with Gasteiger partial charge < -0.3 is 18.5 Å². The molecule has 4 rings (SSSR count). The molecule has 0 saturated carbocycles. The lowest BCUT2D eigenvalue weighted by molar-refractivity contribution is 0.0636. The van der Waals surface area contributed by atoms with Gasteiger partial charge in [-0.1, -0.05) is 41.9 Å². The van der Waals surface area contributed by atoms with Crippen LogP contribution in [0, 0.1) is 0 Å². The lowest BCUT2D eigenvalue weighted by atomic mass is 10.1. The predicted molar refractivity (Wildman–Crippen MR) is 117 cm³/mol. The van der Waals surface area contributed by atoms with Crippen LogP contribution >= 0.6 is 11.6 Å². The summed E-state index contributed by atoms with van der Waals surface area (Å²) in [4.78, 5) is 15.1. The first kappa shape index (κ1) is 21.1. The van der Waals surface area contributed by atoms with Gasteiger partial charge in [0.05, 0.1) is 23.7 Å². The lowest BCUT2D eigenvalue weighted by Gasteiger charge is -2.24. The first-order valence-electron chi connectivity index (χ1n) is 9.87. The Kier molecular flexibility index (Phi) is 6.06. The van der Waals surface area contributed by atoms with Gasteiger partial charge in [0.2, 0.25) is 11.8 Å². The zero-order valence-electron chi connectivity index (χ0n) is 17.5. The molecule has 8 heteroatoms. The fourth-order valence-corrected chi connectivity index (χ4v) is 3.60. The normalized spacial score (nSPS) is 11.4. The SMILES string of the molecule is COCc1c(C(=O)N(Cc2nnc(-c3ccccc3Cl)o2)C(C)C)oc2ccccc12. The van der Waals surface area contributed by atoms with Gasteiger partial charge >= 0.3 is 0 Å². The molecule has 2 aromatic heterocycles. The minimum atomic E-state index is -0.268. The van der Waals surface area contributed by atoms with Gasteiger partial charge in [-0.25, -0.2) is 0 Å². The summed E-state index contributed by atoms with van der Waals surface area (Å²) in [5.41, 5.74) is 2.00. The first-order chi connectivity index (χ1) is 15.0. The van der Waals surface area contributed by atoms with Crippen LogP contribution in [0.3, 0.4) is 0 Å². The summed E-state index contributed by atoms with van der Waals surface area (Å²) < 4.78 is 17.0. The number of hydrogen-bond donors (Lipinski definition) is 0. The quantitative estimate of drug-likeness (QED) is 0.387. The smallest absolute Gasteiger partial charge is 0.290 e. The summed E-state index contributed by atoms with van der Waals surface area (Å²) >= 11 is 6.22. The van der Waals surface area contributed by atoms with Crippen LogP contribution in [0.2, 0.25) is 5.02 Å². The Hall–Kier alpha value is -3.16. The number of benzene rings is 2. The van der Waals surface area contributed by atoms with Crippen molar-refractivity contribution in [1.29, 1.82) is 0 Å². The van der Waals surface area contributed by atoms with E-state index < -0.39 is 0 Å². The fourth-order valence-electron chi connectivity index (χ4n) is 3.39. The summed E-state index contributed by atoms with van der Waals surface area (Å²) in [7, 11) is 1.59. The van der Waals surface area contributed by atoms with Crippen LogP contribution in [0.15, 0.2) is 57.4 Å². The molecule has 0 fully saturated rings. The Bertz CT molecular complexity index is 1210. The molecular formula is C23H22ClN3O4. The predicted octanol–water partition coefficient (Wildman–Crippen LogP) is 5.33. The average molecular weight is 440 g/mol. The maximum atomic E-state index is 13.5. The Balaban J connectivity index is 1.65. The van der Waals surface area contributed by atoms with Gasteiger partial charge in [0, 0.05) is 24.1 Å². The molecular weight excluding hydrogens is 418 g/mol. The molecule has 0 aliphatic heterocycles. The van der Waals surface area contributed by atoms with Crippen molar-refractivity contribution in [2.24, 2.45) is 0 Å². The monoisotopic (exact) mass is 439 g/mol. The van der Waals surface area contributed by atoms with Crippen LogP contribution < -0.4 is 0 Å². The third kappa shape index (κ3) is 4.19. The third-order valence-corrected chi connectivity index (χ3v) is 5.27. The van der Waals surface area contributed by atoms with E-state index in [2.05, 4.69) is 10.2 Å². The highest BCUT2D eigenvalue weighted by Gasteiger charge is 2.28. The van der Waals surface area contributed by atoms with Gasteiger partial charge in [0.1, 0.15) is 5.58 Å². The molecule has 0 N–H and O–H groups in total. The second kappa shape index (κ2) is 8.91. The van der Waals surface area contributed by atoms with E-state index in [0.717, 1.165) is 10.9 Å². The van der Waals surface area contributed by atoms with Crippen LogP contribution in [0.4, 0.5) is 0 Å². The molecule has 0 radical (unpaired) electrons. The molecule has 0 spiro atoms. The van der Waals surface area contributed by atoms with Crippen molar-refractivity contribution >= 4 is 28.5 Å². The van der Waals surface area contributed by atoms with Crippen molar-refractivity contribution in [3.63, 3.8) is 0 Å². The van der Waals surface area contributed by atoms with Crippen LogP contribution in [-0.4, -0.2) is 34.2 Å². The number of para-hydroxylation sites is 1. The van der Waals surface area contributed by atoms with Gasteiger partial charge in [0.15, 0.2) is 5.76 Å². The number of furan rings is 1. The summed E-state index contributed by atoms with van der Waals surface area (Å²) in [5, 5.41) is 9.57. The highest BCUT2D eigenvalue weighted by molar-refractivity contribution is 6.33. The first-order valence-corrected chi connectivity index (χ1v) is 10.2. The lowest BCUT2D eigenvalue weighted by Crippen LogP contribution is -2.36. The maximum absolute atomic E-state index is 13.5. The number of aromatic nitrogens is 2. The Morgan fingerprint density at radius 3 is 2.58 bits per heavy atom. The number of carbonyl (C=O) groups is 1. The molecule has 0 saturated heterocycles. The molecule has 0 atom stereocenters. The molecule has 4 aromatic rings. The fraction of sp³-hybridized carbons (Fsp3) is 0.261. The van der Waals surface area contributed by atoms with Gasteiger partial charge in [-0.3, -0.25) is 4.79 Å². The van der Waals surface area contributed by atoms with Crippen LogP contribution in [-0.2, 0) is 17.9 Å². The van der Waals surface area contributed by atoms with E-state index >= 15 is 0 Å². The minimum absolute atomic E-state index is 0.133. The van der Waals surface area contributed by atoms with Gasteiger partial charge in [0.25, 0.3) is 5.91 Å². The molecule has 7 nitrogen and oxygen atoms in total. The summed E-state index contributed by atoms with van der Waals surface area (Å²) in [5.74, 6) is 0.597. The van der Waals surface area contributed by atoms with Crippen molar-refractivity contribution in [2.45, 2.75) is 33.0 Å².